The van der Waals surface area contributed by atoms with Crippen LogP contribution in [0.4, 0.5) is 19.0 Å². The Morgan fingerprint density at radius 1 is 1.37 bits per heavy atom. The molecule has 4 atom stereocenters. The van der Waals surface area contributed by atoms with Crippen molar-refractivity contribution in [2.24, 2.45) is 0 Å². The molecule has 0 bridgehead atoms. The van der Waals surface area contributed by atoms with Crippen LogP contribution in [0.5, 0.6) is 0 Å². The van der Waals surface area contributed by atoms with Crippen molar-refractivity contribution >= 4 is 11.7 Å². The Kier molecular flexibility index (Phi) is 6.41. The minimum absolute atomic E-state index is 0.0713. The van der Waals surface area contributed by atoms with Crippen LogP contribution in [0.15, 0.2) is 11.0 Å². The summed E-state index contributed by atoms with van der Waals surface area (Å²) in [7, 11) is 0. The van der Waals surface area contributed by atoms with Gasteiger partial charge in [-0.25, -0.2) is 4.79 Å². The molecular weight excluding hydrogens is 377 g/mol. The van der Waals surface area contributed by atoms with Crippen LogP contribution in [0, 0.1) is 0 Å². The van der Waals surface area contributed by atoms with Gasteiger partial charge in [0.05, 0.1) is 6.61 Å². The van der Waals surface area contributed by atoms with Gasteiger partial charge in [0.15, 0.2) is 6.23 Å². The highest BCUT2D eigenvalue weighted by molar-refractivity contribution is 5.81. The fourth-order valence-corrected chi connectivity index (χ4v) is 2.59. The zero-order valence-corrected chi connectivity index (χ0v) is 13.9. The van der Waals surface area contributed by atoms with Gasteiger partial charge >= 0.3 is 17.8 Å². The first kappa shape index (κ1) is 21.1. The number of hydrogen-bond donors (Lipinski definition) is 5. The maximum Gasteiger partial charge on any atom is 0.471 e. The van der Waals surface area contributed by atoms with E-state index in [1.807, 2.05) is 0 Å². The Morgan fingerprint density at radius 2 is 2.04 bits per heavy atom. The van der Waals surface area contributed by atoms with Gasteiger partial charge in [0.1, 0.15) is 24.1 Å². The standard InChI is InChI=1S/C14H19F3N4O6/c15-14(16,17)12(25)19-3-1-2-6-4-21(13(26)20-10(6)18)11-9(24)8(23)7(5-22)27-11/h4,7-9,11,22-24H,1-3,5H2,(H,19,25)(H2,18,20,26)/t7-,8?,9?,11-/m1/s1. The molecule has 6 N–H and O–H groups in total. The number of anilines is 1. The van der Waals surface area contributed by atoms with Crippen molar-refractivity contribution < 1.29 is 38.0 Å². The maximum absolute atomic E-state index is 12.1. The number of alkyl halides is 3. The summed E-state index contributed by atoms with van der Waals surface area (Å²) < 4.78 is 42.4. The predicted molar refractivity (Wildman–Crippen MR) is 83.3 cm³/mol. The van der Waals surface area contributed by atoms with Gasteiger partial charge in [0.2, 0.25) is 0 Å². The SMILES string of the molecule is Nc1nc(=O)n([C@@H]2O[C@H](CO)C(O)C2O)cc1CCCNC(=O)C(F)(F)F. The highest BCUT2D eigenvalue weighted by atomic mass is 19.4. The quantitative estimate of drug-likeness (QED) is 0.347. The van der Waals surface area contributed by atoms with Crippen molar-refractivity contribution in [3.8, 4) is 0 Å². The number of carbonyl (C=O) groups is 1. The van der Waals surface area contributed by atoms with Crippen molar-refractivity contribution in [3.05, 3.63) is 22.2 Å². The zero-order chi connectivity index (χ0) is 20.4. The summed E-state index contributed by atoms with van der Waals surface area (Å²) in [6, 6.07) is 0. The molecule has 1 aliphatic rings. The lowest BCUT2D eigenvalue weighted by molar-refractivity contribution is -0.173. The third-order valence-corrected chi connectivity index (χ3v) is 4.02. The van der Waals surface area contributed by atoms with Crippen molar-refractivity contribution in [1.29, 1.82) is 0 Å². The lowest BCUT2D eigenvalue weighted by atomic mass is 10.1. The molecule has 27 heavy (non-hydrogen) atoms. The monoisotopic (exact) mass is 396 g/mol. The second-order valence-electron chi connectivity index (χ2n) is 5.93. The number of rotatable bonds is 6. The Hall–Kier alpha value is -2.22. The number of aromatic nitrogens is 2. The number of nitrogens with two attached hydrogens (primary N) is 1. The second-order valence-corrected chi connectivity index (χ2v) is 5.93. The normalized spacial score (nSPS) is 25.6. The van der Waals surface area contributed by atoms with Gasteiger partial charge in [-0.1, -0.05) is 0 Å². The molecular formula is C14H19F3N4O6. The average Bonchev–Trinajstić information content (AvgIpc) is 2.87. The second kappa shape index (κ2) is 8.21. The Balaban J connectivity index is 2.08. The molecule has 1 aliphatic heterocycles. The van der Waals surface area contributed by atoms with E-state index in [9.17, 15) is 33.0 Å². The van der Waals surface area contributed by atoms with Crippen LogP contribution in [-0.4, -0.2) is 68.4 Å². The van der Waals surface area contributed by atoms with Crippen molar-refractivity contribution in [2.45, 2.75) is 43.6 Å². The summed E-state index contributed by atoms with van der Waals surface area (Å²) in [6.45, 7) is -0.873. The van der Waals surface area contributed by atoms with Crippen molar-refractivity contribution in [1.82, 2.24) is 14.9 Å². The number of amides is 1. The first-order chi connectivity index (χ1) is 12.6. The summed E-state index contributed by atoms with van der Waals surface area (Å²) in [5.74, 6) is -2.23. The highest BCUT2D eigenvalue weighted by Gasteiger charge is 2.44. The van der Waals surface area contributed by atoms with Crippen LogP contribution in [0.25, 0.3) is 0 Å². The van der Waals surface area contributed by atoms with E-state index < -0.39 is 48.9 Å². The summed E-state index contributed by atoms with van der Waals surface area (Å²) in [5, 5.41) is 30.6. The summed E-state index contributed by atoms with van der Waals surface area (Å²) in [4.78, 5) is 26.3. The maximum atomic E-state index is 12.1. The van der Waals surface area contributed by atoms with E-state index in [-0.39, 0.29) is 30.8 Å². The summed E-state index contributed by atoms with van der Waals surface area (Å²) in [6.07, 6.45) is -8.98. The average molecular weight is 396 g/mol. The molecule has 13 heteroatoms. The predicted octanol–water partition coefficient (Wildman–Crippen LogP) is -1.95. The van der Waals surface area contributed by atoms with Crippen LogP contribution in [0.2, 0.25) is 0 Å². The van der Waals surface area contributed by atoms with E-state index in [0.29, 0.717) is 0 Å². The smallest absolute Gasteiger partial charge is 0.394 e. The molecule has 1 amide bonds. The fraction of sp³-hybridized carbons (Fsp3) is 0.643. The van der Waals surface area contributed by atoms with E-state index in [0.717, 1.165) is 4.57 Å². The van der Waals surface area contributed by atoms with Crippen LogP contribution >= 0.6 is 0 Å². The van der Waals surface area contributed by atoms with Gasteiger partial charge in [0.25, 0.3) is 0 Å². The van der Waals surface area contributed by atoms with Gasteiger partial charge in [-0.15, -0.1) is 0 Å². The first-order valence-electron chi connectivity index (χ1n) is 7.91. The minimum atomic E-state index is -4.98. The molecule has 0 radical (unpaired) electrons. The molecule has 1 aromatic rings. The molecule has 1 fully saturated rings. The molecule has 0 saturated carbocycles. The number of aryl methyl sites for hydroxylation is 1. The third kappa shape index (κ3) is 4.74. The minimum Gasteiger partial charge on any atom is -0.394 e. The molecule has 2 unspecified atom stereocenters. The van der Waals surface area contributed by atoms with Crippen LogP contribution in [0.3, 0.4) is 0 Å². The Morgan fingerprint density at radius 3 is 2.59 bits per heavy atom. The molecule has 0 spiro atoms. The molecule has 2 heterocycles. The van der Waals surface area contributed by atoms with E-state index >= 15 is 0 Å². The van der Waals surface area contributed by atoms with Gasteiger partial charge in [-0.05, 0) is 12.8 Å². The highest BCUT2D eigenvalue weighted by Crippen LogP contribution is 2.28. The molecule has 10 nitrogen and oxygen atoms in total. The molecule has 1 saturated heterocycles. The number of nitrogen functional groups attached to an aromatic ring is 1. The van der Waals surface area contributed by atoms with Crippen LogP contribution < -0.4 is 16.7 Å². The van der Waals surface area contributed by atoms with Crippen molar-refractivity contribution in [3.63, 3.8) is 0 Å². The fourth-order valence-electron chi connectivity index (χ4n) is 2.59. The van der Waals surface area contributed by atoms with Gasteiger partial charge in [-0.2, -0.15) is 18.2 Å². The van der Waals surface area contributed by atoms with Gasteiger partial charge < -0.3 is 31.1 Å². The third-order valence-electron chi connectivity index (χ3n) is 4.02. The zero-order valence-electron chi connectivity index (χ0n) is 13.9. The number of aliphatic hydroxyl groups is 3. The van der Waals surface area contributed by atoms with Crippen LogP contribution in [-0.2, 0) is 16.0 Å². The topological polar surface area (TPSA) is 160 Å². The summed E-state index contributed by atoms with van der Waals surface area (Å²) in [5.41, 5.74) is 5.02. The van der Waals surface area contributed by atoms with Gasteiger partial charge in [-0.3, -0.25) is 9.36 Å². The lowest BCUT2D eigenvalue weighted by Gasteiger charge is -2.18. The Labute approximate surface area is 150 Å². The van der Waals surface area contributed by atoms with Crippen molar-refractivity contribution in [2.75, 3.05) is 18.9 Å². The van der Waals surface area contributed by atoms with E-state index in [2.05, 4.69) is 4.98 Å². The largest absolute Gasteiger partial charge is 0.471 e. The number of nitrogens with zero attached hydrogens (tertiary/aromatic N) is 2. The van der Waals surface area contributed by atoms with E-state index in [1.165, 1.54) is 6.20 Å². The Bertz CT molecular complexity index is 741. The molecule has 2 rings (SSSR count). The number of aliphatic hydroxyl groups excluding tert-OH is 3. The number of halogens is 3. The molecule has 0 aliphatic carbocycles. The molecule has 152 valence electrons. The van der Waals surface area contributed by atoms with Crippen LogP contribution in [0.1, 0.15) is 18.2 Å². The molecule has 1 aromatic heterocycles. The summed E-state index contributed by atoms with van der Waals surface area (Å²) >= 11 is 0. The number of ether oxygens (including phenoxy) is 1. The molecule has 0 aromatic carbocycles. The van der Waals surface area contributed by atoms with Gasteiger partial charge in [0, 0.05) is 18.3 Å². The number of hydrogen-bond acceptors (Lipinski definition) is 8. The van der Waals surface area contributed by atoms with E-state index in [1.54, 1.807) is 5.32 Å². The number of carbonyl (C=O) groups excluding carboxylic acids is 1. The lowest BCUT2D eigenvalue weighted by Crippen LogP contribution is -2.37. The van der Waals surface area contributed by atoms with E-state index in [4.69, 9.17) is 15.6 Å². The first-order valence-corrected chi connectivity index (χ1v) is 7.91. The number of nitrogens with one attached hydrogen (secondary N) is 1.